The fourth-order valence-electron chi connectivity index (χ4n) is 1.82. The van der Waals surface area contributed by atoms with Gasteiger partial charge in [-0.05, 0) is 17.7 Å². The Morgan fingerprint density at radius 1 is 1.12 bits per heavy atom. The van der Waals surface area contributed by atoms with Crippen molar-refractivity contribution in [3.05, 3.63) is 35.4 Å². The quantitative estimate of drug-likeness (QED) is 0.760. The normalized spacial score (nSPS) is 12.2. The fourth-order valence-corrected chi connectivity index (χ4v) is 2.17. The number of amides is 1. The molecule has 7 nitrogen and oxygen atoms in total. The average molecular weight is 382 g/mol. The Bertz CT molecular complexity index is 732. The molecule has 0 saturated heterocycles. The number of carbonyl (C=O) groups is 2. The van der Waals surface area contributed by atoms with E-state index in [-0.39, 0.29) is 12.1 Å². The highest BCUT2D eigenvalue weighted by Gasteiger charge is 2.30. The molecule has 0 radical (unpaired) electrons. The van der Waals surface area contributed by atoms with Crippen LogP contribution in [0.15, 0.2) is 24.3 Å². The number of halogens is 3. The van der Waals surface area contributed by atoms with Crippen molar-refractivity contribution in [2.45, 2.75) is 12.7 Å². The zero-order valence-corrected chi connectivity index (χ0v) is 14.3. The Balaban J connectivity index is 2.92. The molecule has 0 aromatic heterocycles. The molecule has 0 aliphatic carbocycles. The Kier molecular flexibility index (Phi) is 6.54. The lowest BCUT2D eigenvalue weighted by atomic mass is 10.1. The van der Waals surface area contributed by atoms with Crippen molar-refractivity contribution in [3.8, 4) is 0 Å². The van der Waals surface area contributed by atoms with Crippen LogP contribution in [0.3, 0.4) is 0 Å². The minimum Gasteiger partial charge on any atom is -0.480 e. The van der Waals surface area contributed by atoms with E-state index in [1.807, 2.05) is 0 Å². The van der Waals surface area contributed by atoms with Gasteiger partial charge in [0.05, 0.1) is 18.4 Å². The van der Waals surface area contributed by atoms with Crippen molar-refractivity contribution in [2.75, 3.05) is 26.4 Å². The van der Waals surface area contributed by atoms with Crippen LogP contribution in [-0.2, 0) is 32.3 Å². The molecule has 1 amide bonds. The molecule has 0 fully saturated rings. The molecular formula is C14H17F3N2O5S. The number of hydrogen-bond donors (Lipinski definition) is 1. The summed E-state index contributed by atoms with van der Waals surface area (Å²) in [6.07, 6.45) is -3.62. The number of carboxylic acids is 1. The molecule has 0 aliphatic rings. The molecule has 0 saturated carbocycles. The molecule has 140 valence electrons. The number of carboxylic acid groups (broad SMARTS) is 1. The van der Waals surface area contributed by atoms with E-state index in [1.54, 1.807) is 0 Å². The molecule has 11 heteroatoms. The predicted octanol–water partition coefficient (Wildman–Crippen LogP) is 1.01. The number of nitrogens with zero attached hydrogens (tertiary/aromatic N) is 2. The fraction of sp³-hybridized carbons (Fsp3) is 0.429. The summed E-state index contributed by atoms with van der Waals surface area (Å²) in [6, 6.07) is 3.90. The van der Waals surface area contributed by atoms with Gasteiger partial charge in [0.1, 0.15) is 6.54 Å². The van der Waals surface area contributed by atoms with Crippen LogP contribution in [0.5, 0.6) is 0 Å². The zero-order valence-electron chi connectivity index (χ0n) is 13.4. The Morgan fingerprint density at radius 2 is 1.64 bits per heavy atom. The van der Waals surface area contributed by atoms with Gasteiger partial charge in [-0.3, -0.25) is 9.59 Å². The molecule has 0 spiro atoms. The largest absolute Gasteiger partial charge is 0.480 e. The maximum atomic E-state index is 12.5. The first-order valence-electron chi connectivity index (χ1n) is 6.87. The Labute approximate surface area is 142 Å². The van der Waals surface area contributed by atoms with Gasteiger partial charge in [-0.25, -0.2) is 8.42 Å². The van der Waals surface area contributed by atoms with Crippen molar-refractivity contribution in [2.24, 2.45) is 0 Å². The van der Waals surface area contributed by atoms with Gasteiger partial charge in [0.2, 0.25) is 15.9 Å². The van der Waals surface area contributed by atoms with Crippen LogP contribution in [0, 0.1) is 0 Å². The lowest BCUT2D eigenvalue weighted by Gasteiger charge is -2.23. The Morgan fingerprint density at radius 3 is 2.04 bits per heavy atom. The smallest absolute Gasteiger partial charge is 0.416 e. The summed E-state index contributed by atoms with van der Waals surface area (Å²) in [5, 5.41) is 8.88. The molecule has 1 aromatic rings. The Hall–Kier alpha value is -2.14. The lowest BCUT2D eigenvalue weighted by molar-refractivity contribution is -0.144. The minimum atomic E-state index is -4.51. The number of sulfonamides is 1. The van der Waals surface area contributed by atoms with Crippen molar-refractivity contribution in [3.63, 3.8) is 0 Å². The minimum absolute atomic E-state index is 0.263. The highest BCUT2D eigenvalue weighted by molar-refractivity contribution is 7.88. The summed E-state index contributed by atoms with van der Waals surface area (Å²) < 4.78 is 61.0. The first-order chi connectivity index (χ1) is 11.3. The average Bonchev–Trinajstić information content (AvgIpc) is 2.44. The van der Waals surface area contributed by atoms with Gasteiger partial charge < -0.3 is 10.0 Å². The van der Waals surface area contributed by atoms with Crippen LogP contribution >= 0.6 is 0 Å². The first kappa shape index (κ1) is 20.9. The van der Waals surface area contributed by atoms with E-state index < -0.39 is 46.7 Å². The zero-order chi connectivity index (χ0) is 19.4. The van der Waals surface area contributed by atoms with Gasteiger partial charge in [0.15, 0.2) is 0 Å². The lowest BCUT2D eigenvalue weighted by Crippen LogP contribution is -2.42. The second-order valence-electron chi connectivity index (χ2n) is 5.36. The molecule has 25 heavy (non-hydrogen) atoms. The van der Waals surface area contributed by atoms with Crippen molar-refractivity contribution < 1.29 is 36.3 Å². The van der Waals surface area contributed by atoms with Crippen LogP contribution < -0.4 is 0 Å². The summed E-state index contributed by atoms with van der Waals surface area (Å²) in [4.78, 5) is 23.9. The van der Waals surface area contributed by atoms with Crippen LogP contribution in [0.25, 0.3) is 0 Å². The summed E-state index contributed by atoms with van der Waals surface area (Å²) >= 11 is 0. The van der Waals surface area contributed by atoms with Gasteiger partial charge in [-0.1, -0.05) is 12.1 Å². The summed E-state index contributed by atoms with van der Waals surface area (Å²) in [7, 11) is -2.48. The number of hydrogen-bond acceptors (Lipinski definition) is 4. The third-order valence-electron chi connectivity index (χ3n) is 3.26. The van der Waals surface area contributed by atoms with Crippen molar-refractivity contribution in [1.29, 1.82) is 0 Å². The van der Waals surface area contributed by atoms with Gasteiger partial charge in [-0.15, -0.1) is 0 Å². The van der Waals surface area contributed by atoms with E-state index in [0.29, 0.717) is 0 Å². The standard InChI is InChI=1S/C14H17F3N2O5S/c1-18(25(2,23)24)8-12(20)19(9-13(21)22)7-10-3-5-11(6-4-10)14(15,16)17/h3-6H,7-9H2,1-2H3,(H,21,22). The number of carbonyl (C=O) groups excluding carboxylic acids is 1. The molecule has 0 unspecified atom stereocenters. The summed E-state index contributed by atoms with van der Waals surface area (Å²) in [5.41, 5.74) is -0.589. The van der Waals surface area contributed by atoms with Crippen LogP contribution in [0.1, 0.15) is 11.1 Å². The molecule has 1 aromatic carbocycles. The molecular weight excluding hydrogens is 365 g/mol. The van der Waals surface area contributed by atoms with E-state index in [9.17, 15) is 31.2 Å². The highest BCUT2D eigenvalue weighted by Crippen LogP contribution is 2.29. The maximum absolute atomic E-state index is 12.5. The second kappa shape index (κ2) is 7.83. The SMILES string of the molecule is CN(CC(=O)N(CC(=O)O)Cc1ccc(C(F)(F)F)cc1)S(C)(=O)=O. The van der Waals surface area contributed by atoms with Gasteiger partial charge in [0, 0.05) is 13.6 Å². The monoisotopic (exact) mass is 382 g/mol. The summed E-state index contributed by atoms with van der Waals surface area (Å²) in [5.74, 6) is -2.11. The van der Waals surface area contributed by atoms with Gasteiger partial charge >= 0.3 is 12.1 Å². The third kappa shape index (κ3) is 6.70. The second-order valence-corrected chi connectivity index (χ2v) is 7.45. The molecule has 1 rings (SSSR count). The van der Waals surface area contributed by atoms with E-state index in [2.05, 4.69) is 0 Å². The molecule has 0 heterocycles. The van der Waals surface area contributed by atoms with Crippen LogP contribution in [0.4, 0.5) is 13.2 Å². The van der Waals surface area contributed by atoms with Gasteiger partial charge in [0.25, 0.3) is 0 Å². The summed E-state index contributed by atoms with van der Waals surface area (Å²) in [6.45, 7) is -1.55. The number of aliphatic carboxylic acids is 1. The van der Waals surface area contributed by atoms with E-state index in [0.717, 1.165) is 46.8 Å². The first-order valence-corrected chi connectivity index (χ1v) is 8.72. The molecule has 0 atom stereocenters. The number of benzene rings is 1. The topological polar surface area (TPSA) is 95.0 Å². The van der Waals surface area contributed by atoms with Gasteiger partial charge in [-0.2, -0.15) is 17.5 Å². The number of likely N-dealkylation sites (N-methyl/N-ethyl adjacent to an activating group) is 1. The molecule has 0 aliphatic heterocycles. The van der Waals surface area contributed by atoms with E-state index in [1.165, 1.54) is 0 Å². The van der Waals surface area contributed by atoms with E-state index >= 15 is 0 Å². The molecule has 1 N–H and O–H groups in total. The molecule has 0 bridgehead atoms. The number of alkyl halides is 3. The third-order valence-corrected chi connectivity index (χ3v) is 4.52. The van der Waals surface area contributed by atoms with Crippen molar-refractivity contribution >= 4 is 21.9 Å². The van der Waals surface area contributed by atoms with E-state index in [4.69, 9.17) is 5.11 Å². The van der Waals surface area contributed by atoms with Crippen LogP contribution in [-0.4, -0.2) is 61.0 Å². The van der Waals surface area contributed by atoms with Crippen LogP contribution in [0.2, 0.25) is 0 Å². The number of rotatable bonds is 7. The highest BCUT2D eigenvalue weighted by atomic mass is 32.2. The predicted molar refractivity (Wildman–Crippen MR) is 82.0 cm³/mol. The maximum Gasteiger partial charge on any atom is 0.416 e. The van der Waals surface area contributed by atoms with Crippen molar-refractivity contribution in [1.82, 2.24) is 9.21 Å².